The summed E-state index contributed by atoms with van der Waals surface area (Å²) in [6, 6.07) is 0. The summed E-state index contributed by atoms with van der Waals surface area (Å²) in [5.74, 6) is 0.378. The van der Waals surface area contributed by atoms with Crippen LogP contribution >= 0.6 is 11.3 Å². The number of carboxylic acid groups (broad SMARTS) is 1. The van der Waals surface area contributed by atoms with E-state index in [4.69, 9.17) is 15.6 Å². The third-order valence-corrected chi connectivity index (χ3v) is 7.53. The van der Waals surface area contributed by atoms with Crippen molar-refractivity contribution in [2.75, 3.05) is 0 Å². The van der Waals surface area contributed by atoms with Crippen LogP contribution in [0.1, 0.15) is 68.2 Å². The molecular formula is C20H26N4O4S. The second-order valence-corrected chi connectivity index (χ2v) is 9.17. The molecule has 2 heterocycles. The lowest BCUT2D eigenvalue weighted by molar-refractivity contribution is -0.118. The average Bonchev–Trinajstić information content (AvgIpc) is 3.23. The molecule has 2 aromatic heterocycles. The molecule has 0 saturated heterocycles. The predicted octanol–water partition coefficient (Wildman–Crippen LogP) is 3.33. The molecule has 1 atom stereocenters. The summed E-state index contributed by atoms with van der Waals surface area (Å²) in [6.45, 7) is 2.01. The van der Waals surface area contributed by atoms with Crippen LogP contribution in [0.5, 0.6) is 5.88 Å². The van der Waals surface area contributed by atoms with E-state index >= 15 is 0 Å². The Bertz CT molecular complexity index is 936. The zero-order valence-electron chi connectivity index (χ0n) is 16.4. The van der Waals surface area contributed by atoms with Gasteiger partial charge in [-0.15, -0.1) is 11.3 Å². The summed E-state index contributed by atoms with van der Waals surface area (Å²) in [7, 11) is 0. The Morgan fingerprint density at radius 1 is 1.34 bits per heavy atom. The number of hydrogen-bond donors (Lipinski definition) is 3. The number of thiophene rings is 1. The smallest absolute Gasteiger partial charge is 0.405 e. The van der Waals surface area contributed by atoms with Crippen LogP contribution in [0.3, 0.4) is 0 Å². The number of ether oxygens (including phenoxy) is 1. The monoisotopic (exact) mass is 418 g/mol. The van der Waals surface area contributed by atoms with Gasteiger partial charge in [-0.05, 0) is 56.4 Å². The summed E-state index contributed by atoms with van der Waals surface area (Å²) in [5, 5.41) is 12.8. The summed E-state index contributed by atoms with van der Waals surface area (Å²) in [4.78, 5) is 33.6. The number of amides is 2. The van der Waals surface area contributed by atoms with E-state index in [1.165, 1.54) is 11.2 Å². The first-order valence-electron chi connectivity index (χ1n) is 10.1. The fourth-order valence-corrected chi connectivity index (χ4v) is 6.02. The minimum atomic E-state index is -0.974. The molecule has 4 N–H and O–H groups in total. The molecule has 0 aromatic carbocycles. The van der Waals surface area contributed by atoms with Gasteiger partial charge in [0, 0.05) is 16.8 Å². The van der Waals surface area contributed by atoms with Crippen molar-refractivity contribution in [3.05, 3.63) is 16.8 Å². The first kappa shape index (κ1) is 19.9. The second-order valence-electron chi connectivity index (χ2n) is 8.09. The van der Waals surface area contributed by atoms with E-state index in [9.17, 15) is 9.59 Å². The van der Waals surface area contributed by atoms with E-state index < -0.39 is 6.09 Å². The van der Waals surface area contributed by atoms with E-state index in [0.29, 0.717) is 12.3 Å². The minimum Gasteiger partial charge on any atom is -0.474 e. The Morgan fingerprint density at radius 2 is 2.10 bits per heavy atom. The van der Waals surface area contributed by atoms with Gasteiger partial charge in [-0.1, -0.05) is 6.92 Å². The molecule has 2 aromatic rings. The van der Waals surface area contributed by atoms with Gasteiger partial charge in [-0.2, -0.15) is 0 Å². The summed E-state index contributed by atoms with van der Waals surface area (Å²) in [6.07, 6.45) is 6.46. The molecule has 4 rings (SSSR count). The molecule has 29 heavy (non-hydrogen) atoms. The first-order chi connectivity index (χ1) is 13.9. The van der Waals surface area contributed by atoms with Gasteiger partial charge in [-0.25, -0.2) is 14.8 Å². The maximum absolute atomic E-state index is 11.5. The number of nitrogens with one attached hydrogen (secondary N) is 1. The maximum atomic E-state index is 11.5. The lowest BCUT2D eigenvalue weighted by atomic mass is 9.78. The van der Waals surface area contributed by atoms with Gasteiger partial charge in [0.1, 0.15) is 17.3 Å². The lowest BCUT2D eigenvalue weighted by Gasteiger charge is -2.39. The van der Waals surface area contributed by atoms with Gasteiger partial charge in [0.05, 0.1) is 5.39 Å². The Kier molecular flexibility index (Phi) is 5.33. The van der Waals surface area contributed by atoms with Crippen molar-refractivity contribution >= 4 is 33.6 Å². The third kappa shape index (κ3) is 3.88. The van der Waals surface area contributed by atoms with Gasteiger partial charge < -0.3 is 20.9 Å². The van der Waals surface area contributed by atoms with Crippen molar-refractivity contribution in [1.82, 2.24) is 15.3 Å². The number of fused-ring (bicyclic) bond motifs is 3. The van der Waals surface area contributed by atoms with E-state index in [-0.39, 0.29) is 23.5 Å². The van der Waals surface area contributed by atoms with Gasteiger partial charge >= 0.3 is 6.09 Å². The molecule has 2 aliphatic rings. The van der Waals surface area contributed by atoms with Crippen molar-refractivity contribution in [2.45, 2.75) is 75.9 Å². The standard InChI is InChI=1S/C20H26N4O4S/c1-2-20(24-19(26)27)7-5-12(6-8-20)28-17-16-15-11(9-14(21)25)3-4-13(15)29-18(16)23-10-22-17/h10-12,24H,2-9H2,1H3,(H2,21,25)(H,26,27)/t11-,12?,20?/m1/s1. The molecule has 2 amide bonds. The highest BCUT2D eigenvalue weighted by molar-refractivity contribution is 7.19. The molecule has 0 radical (unpaired) electrons. The number of carbonyl (C=O) groups is 2. The van der Waals surface area contributed by atoms with E-state index in [1.807, 2.05) is 6.92 Å². The predicted molar refractivity (Wildman–Crippen MR) is 109 cm³/mol. The van der Waals surface area contributed by atoms with Gasteiger partial charge in [-0.3, -0.25) is 4.79 Å². The van der Waals surface area contributed by atoms with Crippen LogP contribution < -0.4 is 15.8 Å². The average molecular weight is 419 g/mol. The molecule has 8 nitrogen and oxygen atoms in total. The Labute approximate surface area is 172 Å². The molecule has 156 valence electrons. The van der Waals surface area contributed by atoms with Crippen LogP contribution in [-0.2, 0) is 11.2 Å². The van der Waals surface area contributed by atoms with Gasteiger partial charge in [0.15, 0.2) is 0 Å². The van der Waals surface area contributed by atoms with Gasteiger partial charge in [0.25, 0.3) is 0 Å². The van der Waals surface area contributed by atoms with Crippen LogP contribution in [0.2, 0.25) is 0 Å². The zero-order valence-corrected chi connectivity index (χ0v) is 17.3. The Morgan fingerprint density at radius 3 is 2.76 bits per heavy atom. The molecule has 0 aliphatic heterocycles. The van der Waals surface area contributed by atoms with E-state index in [2.05, 4.69) is 15.3 Å². The number of nitrogens with zero attached hydrogens (tertiary/aromatic N) is 2. The minimum absolute atomic E-state index is 0.0186. The molecule has 9 heteroatoms. The second kappa shape index (κ2) is 7.78. The Hall–Kier alpha value is -2.42. The molecule has 0 spiro atoms. The topological polar surface area (TPSA) is 127 Å². The highest BCUT2D eigenvalue weighted by atomic mass is 32.1. The van der Waals surface area contributed by atoms with Crippen molar-refractivity contribution in [2.24, 2.45) is 5.73 Å². The normalized spacial score (nSPS) is 26.2. The molecule has 0 unspecified atom stereocenters. The van der Waals surface area contributed by atoms with Crippen molar-refractivity contribution in [3.8, 4) is 5.88 Å². The SMILES string of the molecule is CCC1(NC(=O)O)CCC(Oc2ncnc3sc4c(c23)[C@@H](CC(N)=O)CC4)CC1. The maximum Gasteiger partial charge on any atom is 0.405 e. The quantitative estimate of drug-likeness (QED) is 0.660. The van der Waals surface area contributed by atoms with Crippen LogP contribution in [0, 0.1) is 0 Å². The number of rotatable bonds is 6. The van der Waals surface area contributed by atoms with Gasteiger partial charge in [0.2, 0.25) is 11.8 Å². The molecule has 0 bridgehead atoms. The molecule has 1 fully saturated rings. The largest absolute Gasteiger partial charge is 0.474 e. The summed E-state index contributed by atoms with van der Waals surface area (Å²) < 4.78 is 6.31. The number of primary amides is 1. The van der Waals surface area contributed by atoms with E-state index in [1.54, 1.807) is 11.3 Å². The van der Waals surface area contributed by atoms with Crippen LogP contribution in [0.15, 0.2) is 6.33 Å². The summed E-state index contributed by atoms with van der Waals surface area (Å²) in [5.41, 5.74) is 6.22. The Balaban J connectivity index is 1.55. The molecule has 2 aliphatic carbocycles. The zero-order chi connectivity index (χ0) is 20.6. The van der Waals surface area contributed by atoms with Crippen molar-refractivity contribution in [1.29, 1.82) is 0 Å². The van der Waals surface area contributed by atoms with Crippen molar-refractivity contribution < 1.29 is 19.4 Å². The lowest BCUT2D eigenvalue weighted by Crippen LogP contribution is -2.51. The van der Waals surface area contributed by atoms with Crippen molar-refractivity contribution in [3.63, 3.8) is 0 Å². The first-order valence-corrected chi connectivity index (χ1v) is 10.9. The number of nitrogens with two attached hydrogens (primary N) is 1. The van der Waals surface area contributed by atoms with E-state index in [0.717, 1.165) is 60.7 Å². The number of hydrogen-bond acceptors (Lipinski definition) is 6. The fourth-order valence-electron chi connectivity index (χ4n) is 4.79. The summed E-state index contributed by atoms with van der Waals surface area (Å²) >= 11 is 1.65. The highest BCUT2D eigenvalue weighted by Gasteiger charge is 2.37. The van der Waals surface area contributed by atoms with Crippen LogP contribution in [0.4, 0.5) is 4.79 Å². The highest BCUT2D eigenvalue weighted by Crippen LogP contribution is 2.47. The molecule has 1 saturated carbocycles. The van der Waals surface area contributed by atoms with Crippen LogP contribution in [0.25, 0.3) is 10.2 Å². The van der Waals surface area contributed by atoms with Crippen LogP contribution in [-0.4, -0.2) is 38.7 Å². The number of aromatic nitrogens is 2. The number of carbonyl (C=O) groups excluding carboxylic acids is 1. The third-order valence-electron chi connectivity index (χ3n) is 6.36. The fraction of sp³-hybridized carbons (Fsp3) is 0.600. The number of aryl methyl sites for hydroxylation is 1. The molecular weight excluding hydrogens is 392 g/mol.